The second-order valence-corrected chi connectivity index (χ2v) is 9.12. The van der Waals surface area contributed by atoms with E-state index in [4.69, 9.17) is 0 Å². The molecule has 0 spiro atoms. The molecule has 0 saturated carbocycles. The van der Waals surface area contributed by atoms with Gasteiger partial charge in [0.25, 0.3) is 0 Å². The Bertz CT molecular complexity index is 414. The summed E-state index contributed by atoms with van der Waals surface area (Å²) in [6.45, 7) is 10.3. The van der Waals surface area contributed by atoms with Crippen molar-refractivity contribution in [3.05, 3.63) is 0 Å². The van der Waals surface area contributed by atoms with Gasteiger partial charge in [0.05, 0.1) is 4.75 Å². The Morgan fingerprint density at radius 2 is 1.75 bits per heavy atom. The molecule has 0 amide bonds. The van der Waals surface area contributed by atoms with Crippen molar-refractivity contribution in [2.24, 2.45) is 10.9 Å². The van der Waals surface area contributed by atoms with E-state index in [0.29, 0.717) is 24.5 Å². The van der Waals surface area contributed by atoms with Crippen LogP contribution in [0.2, 0.25) is 0 Å². The molecular weight excluding hydrogens is 274 g/mol. The van der Waals surface area contributed by atoms with Crippen molar-refractivity contribution >= 4 is 15.8 Å². The van der Waals surface area contributed by atoms with Crippen LogP contribution in [0.25, 0.3) is 0 Å². The zero-order valence-electron chi connectivity index (χ0n) is 13.9. The SMILES string of the molecule is CN=C(NCC(C)(C)S(C)(=O)=O)NC(C)CCC(C)C. The zero-order chi connectivity index (χ0) is 16.0. The fraction of sp³-hybridized carbons (Fsp3) is 0.929. The molecule has 1 unspecified atom stereocenters. The van der Waals surface area contributed by atoms with Crippen LogP contribution in [-0.2, 0) is 9.84 Å². The highest BCUT2D eigenvalue weighted by molar-refractivity contribution is 7.92. The third kappa shape index (κ3) is 7.12. The molecule has 0 aromatic carbocycles. The molecule has 120 valence electrons. The van der Waals surface area contributed by atoms with Crippen LogP contribution in [-0.4, -0.2) is 45.0 Å². The minimum atomic E-state index is -3.10. The van der Waals surface area contributed by atoms with Crippen molar-refractivity contribution < 1.29 is 8.42 Å². The number of rotatable bonds is 7. The molecule has 0 fully saturated rings. The molecule has 0 aromatic rings. The Hall–Kier alpha value is -0.780. The number of aliphatic imine (C=N–C) groups is 1. The van der Waals surface area contributed by atoms with Gasteiger partial charge in [-0.15, -0.1) is 0 Å². The summed E-state index contributed by atoms with van der Waals surface area (Å²) in [4.78, 5) is 4.14. The number of sulfone groups is 1. The summed E-state index contributed by atoms with van der Waals surface area (Å²) < 4.78 is 22.5. The quantitative estimate of drug-likeness (QED) is 0.556. The highest BCUT2D eigenvalue weighted by atomic mass is 32.2. The van der Waals surface area contributed by atoms with E-state index in [1.54, 1.807) is 20.9 Å². The molecule has 0 aliphatic rings. The number of nitrogens with one attached hydrogen (secondary N) is 2. The molecule has 2 N–H and O–H groups in total. The molecule has 5 nitrogen and oxygen atoms in total. The van der Waals surface area contributed by atoms with Crippen molar-refractivity contribution in [2.75, 3.05) is 19.8 Å². The van der Waals surface area contributed by atoms with Crippen molar-refractivity contribution in [3.63, 3.8) is 0 Å². The van der Waals surface area contributed by atoms with E-state index in [1.807, 2.05) is 0 Å². The van der Waals surface area contributed by atoms with Crippen molar-refractivity contribution in [1.29, 1.82) is 0 Å². The Kier molecular flexibility index (Phi) is 7.55. The molecule has 0 radical (unpaired) electrons. The van der Waals surface area contributed by atoms with E-state index >= 15 is 0 Å². The van der Waals surface area contributed by atoms with Crippen molar-refractivity contribution in [2.45, 2.75) is 58.2 Å². The Labute approximate surface area is 124 Å². The van der Waals surface area contributed by atoms with Gasteiger partial charge in [0.15, 0.2) is 15.8 Å². The van der Waals surface area contributed by atoms with E-state index in [1.165, 1.54) is 6.26 Å². The first kappa shape index (κ1) is 19.2. The third-order valence-electron chi connectivity index (χ3n) is 3.47. The molecular formula is C14H31N3O2S. The zero-order valence-corrected chi connectivity index (χ0v) is 14.8. The first-order valence-electron chi connectivity index (χ1n) is 7.16. The van der Waals surface area contributed by atoms with Crippen LogP contribution in [0.5, 0.6) is 0 Å². The minimum Gasteiger partial charge on any atom is -0.355 e. The van der Waals surface area contributed by atoms with Gasteiger partial charge in [0.2, 0.25) is 0 Å². The molecule has 0 heterocycles. The van der Waals surface area contributed by atoms with Gasteiger partial charge in [-0.3, -0.25) is 4.99 Å². The first-order valence-corrected chi connectivity index (χ1v) is 9.05. The van der Waals surface area contributed by atoms with Gasteiger partial charge in [-0.2, -0.15) is 0 Å². The maximum Gasteiger partial charge on any atom is 0.191 e. The van der Waals surface area contributed by atoms with Gasteiger partial charge in [-0.05, 0) is 39.5 Å². The predicted molar refractivity (Wildman–Crippen MR) is 87.0 cm³/mol. The highest BCUT2D eigenvalue weighted by Gasteiger charge is 2.30. The first-order chi connectivity index (χ1) is 8.99. The van der Waals surface area contributed by atoms with Crippen LogP contribution < -0.4 is 10.6 Å². The lowest BCUT2D eigenvalue weighted by Gasteiger charge is -2.25. The van der Waals surface area contributed by atoms with Gasteiger partial charge in [0.1, 0.15) is 0 Å². The van der Waals surface area contributed by atoms with Gasteiger partial charge in [0, 0.05) is 25.9 Å². The van der Waals surface area contributed by atoms with Gasteiger partial charge >= 0.3 is 0 Å². The standard InChI is InChI=1S/C14H31N3O2S/c1-11(2)8-9-12(3)17-13(15-6)16-10-14(4,5)20(7,18)19/h11-12H,8-10H2,1-7H3,(H2,15,16,17). The average molecular weight is 305 g/mol. The van der Waals surface area contributed by atoms with Gasteiger partial charge < -0.3 is 10.6 Å². The number of nitrogens with zero attached hydrogens (tertiary/aromatic N) is 1. The minimum absolute atomic E-state index is 0.310. The Balaban J connectivity index is 4.38. The molecule has 0 aliphatic heterocycles. The molecule has 1 atom stereocenters. The second kappa shape index (κ2) is 7.86. The van der Waals surface area contributed by atoms with E-state index in [9.17, 15) is 8.42 Å². The molecule has 0 aromatic heterocycles. The topological polar surface area (TPSA) is 70.6 Å². The van der Waals surface area contributed by atoms with E-state index < -0.39 is 14.6 Å². The molecule has 0 aliphatic carbocycles. The maximum absolute atomic E-state index is 11.7. The largest absolute Gasteiger partial charge is 0.355 e. The molecule has 0 saturated heterocycles. The van der Waals surface area contributed by atoms with E-state index in [0.717, 1.165) is 12.8 Å². The summed E-state index contributed by atoms with van der Waals surface area (Å²) in [6, 6.07) is 0.310. The summed E-state index contributed by atoms with van der Waals surface area (Å²) in [6.07, 6.45) is 3.48. The summed E-state index contributed by atoms with van der Waals surface area (Å²) in [5.74, 6) is 1.33. The smallest absolute Gasteiger partial charge is 0.191 e. The van der Waals surface area contributed by atoms with Crippen LogP contribution in [0, 0.1) is 5.92 Å². The molecule has 0 rings (SSSR count). The van der Waals surface area contributed by atoms with Crippen LogP contribution in [0.3, 0.4) is 0 Å². The monoisotopic (exact) mass is 305 g/mol. The summed E-state index contributed by atoms with van der Waals surface area (Å²) in [5.41, 5.74) is 0. The Morgan fingerprint density at radius 1 is 1.20 bits per heavy atom. The lowest BCUT2D eigenvalue weighted by molar-refractivity contribution is 0.487. The maximum atomic E-state index is 11.7. The van der Waals surface area contributed by atoms with Crippen LogP contribution >= 0.6 is 0 Å². The molecule has 20 heavy (non-hydrogen) atoms. The second-order valence-electron chi connectivity index (χ2n) is 6.47. The van der Waals surface area contributed by atoms with Crippen molar-refractivity contribution in [3.8, 4) is 0 Å². The number of hydrogen-bond donors (Lipinski definition) is 2. The summed E-state index contributed by atoms with van der Waals surface area (Å²) >= 11 is 0. The predicted octanol–water partition coefficient (Wildman–Crippen LogP) is 1.80. The van der Waals surface area contributed by atoms with Crippen LogP contribution in [0.4, 0.5) is 0 Å². The summed E-state index contributed by atoms with van der Waals surface area (Å²) in [5, 5.41) is 6.38. The van der Waals surface area contributed by atoms with E-state index in [2.05, 4.69) is 36.4 Å². The van der Waals surface area contributed by atoms with Crippen LogP contribution in [0.1, 0.15) is 47.5 Å². The lowest BCUT2D eigenvalue weighted by Crippen LogP contribution is -2.49. The highest BCUT2D eigenvalue weighted by Crippen LogP contribution is 2.13. The van der Waals surface area contributed by atoms with Crippen LogP contribution in [0.15, 0.2) is 4.99 Å². The molecule has 6 heteroatoms. The fourth-order valence-corrected chi connectivity index (χ4v) is 1.85. The lowest BCUT2D eigenvalue weighted by atomic mass is 10.0. The number of hydrogen-bond acceptors (Lipinski definition) is 3. The van der Waals surface area contributed by atoms with Crippen molar-refractivity contribution in [1.82, 2.24) is 10.6 Å². The van der Waals surface area contributed by atoms with E-state index in [-0.39, 0.29) is 0 Å². The fourth-order valence-electron chi connectivity index (χ4n) is 1.51. The Morgan fingerprint density at radius 3 is 2.15 bits per heavy atom. The average Bonchev–Trinajstić information content (AvgIpc) is 2.30. The molecule has 0 bridgehead atoms. The van der Waals surface area contributed by atoms with Gasteiger partial charge in [-0.1, -0.05) is 13.8 Å². The summed E-state index contributed by atoms with van der Waals surface area (Å²) in [7, 11) is -1.41. The normalized spacial score (nSPS) is 15.3. The van der Waals surface area contributed by atoms with Gasteiger partial charge in [-0.25, -0.2) is 8.42 Å². The number of guanidine groups is 1. The third-order valence-corrected chi connectivity index (χ3v) is 5.62.